The largest absolute Gasteiger partial charge is 0.391 e. The van der Waals surface area contributed by atoms with Gasteiger partial charge in [0, 0.05) is 18.6 Å². The molecule has 0 aromatic heterocycles. The van der Waals surface area contributed by atoms with E-state index in [1.54, 1.807) is 0 Å². The van der Waals surface area contributed by atoms with Gasteiger partial charge in [0.15, 0.2) is 0 Å². The van der Waals surface area contributed by atoms with E-state index in [0.29, 0.717) is 5.92 Å². The molecule has 0 aromatic rings. The second kappa shape index (κ2) is 6.18. The molecule has 0 aliphatic heterocycles. The zero-order valence-corrected chi connectivity index (χ0v) is 9.86. The van der Waals surface area contributed by atoms with Gasteiger partial charge in [-0.25, -0.2) is 0 Å². The van der Waals surface area contributed by atoms with Gasteiger partial charge in [0.1, 0.15) is 0 Å². The van der Waals surface area contributed by atoms with Crippen LogP contribution in [0, 0.1) is 5.92 Å². The van der Waals surface area contributed by atoms with Gasteiger partial charge < -0.3 is 21.9 Å². The standard InChI is InChI=1S/C11H23N3O2/c1-7-2-8(13)4-9(3-7)14-11(16)5-10(15)6-12/h7-10,15H,2-6,12-13H2,1H3,(H,14,16). The number of carbonyl (C=O) groups excluding carboxylic acids is 1. The lowest BCUT2D eigenvalue weighted by Crippen LogP contribution is -2.45. The van der Waals surface area contributed by atoms with Crippen molar-refractivity contribution in [1.82, 2.24) is 5.32 Å². The third-order valence-corrected chi connectivity index (χ3v) is 3.04. The number of carbonyl (C=O) groups is 1. The number of aliphatic hydroxyl groups excluding tert-OH is 1. The topological polar surface area (TPSA) is 101 Å². The molecule has 6 N–H and O–H groups in total. The summed E-state index contributed by atoms with van der Waals surface area (Å²) >= 11 is 0. The Morgan fingerprint density at radius 2 is 2.19 bits per heavy atom. The Morgan fingerprint density at radius 3 is 2.75 bits per heavy atom. The fraction of sp³-hybridized carbons (Fsp3) is 0.909. The molecule has 0 aromatic carbocycles. The molecule has 0 heterocycles. The highest BCUT2D eigenvalue weighted by Crippen LogP contribution is 2.22. The first-order valence-electron chi connectivity index (χ1n) is 5.94. The number of hydrogen-bond donors (Lipinski definition) is 4. The first kappa shape index (κ1) is 13.4. The van der Waals surface area contributed by atoms with Crippen molar-refractivity contribution in [2.75, 3.05) is 6.54 Å². The molecule has 0 radical (unpaired) electrons. The Morgan fingerprint density at radius 1 is 1.50 bits per heavy atom. The number of aliphatic hydroxyl groups is 1. The normalized spacial score (nSPS) is 32.1. The smallest absolute Gasteiger partial charge is 0.222 e. The summed E-state index contributed by atoms with van der Waals surface area (Å²) in [7, 11) is 0. The van der Waals surface area contributed by atoms with E-state index >= 15 is 0 Å². The molecule has 1 fully saturated rings. The van der Waals surface area contributed by atoms with Crippen molar-refractivity contribution < 1.29 is 9.90 Å². The van der Waals surface area contributed by atoms with Gasteiger partial charge in [-0.15, -0.1) is 0 Å². The Labute approximate surface area is 96.6 Å². The Balaban J connectivity index is 2.33. The van der Waals surface area contributed by atoms with Gasteiger partial charge in [-0.3, -0.25) is 4.79 Å². The summed E-state index contributed by atoms with van der Waals surface area (Å²) in [5.74, 6) is 0.415. The molecule has 5 nitrogen and oxygen atoms in total. The number of amides is 1. The average Bonchev–Trinajstić information content (AvgIpc) is 2.15. The monoisotopic (exact) mass is 229 g/mol. The van der Waals surface area contributed by atoms with Crippen LogP contribution in [0.5, 0.6) is 0 Å². The van der Waals surface area contributed by atoms with Crippen molar-refractivity contribution in [2.24, 2.45) is 17.4 Å². The van der Waals surface area contributed by atoms with E-state index in [0.717, 1.165) is 19.3 Å². The molecule has 0 saturated heterocycles. The lowest BCUT2D eigenvalue weighted by molar-refractivity contribution is -0.123. The van der Waals surface area contributed by atoms with Crippen molar-refractivity contribution in [3.63, 3.8) is 0 Å². The van der Waals surface area contributed by atoms with Gasteiger partial charge in [-0.1, -0.05) is 6.92 Å². The van der Waals surface area contributed by atoms with Crippen molar-refractivity contribution in [2.45, 2.75) is 50.8 Å². The molecule has 1 amide bonds. The highest BCUT2D eigenvalue weighted by molar-refractivity contribution is 5.76. The van der Waals surface area contributed by atoms with E-state index in [1.165, 1.54) is 0 Å². The SMILES string of the molecule is CC1CC(N)CC(NC(=O)CC(O)CN)C1. The number of rotatable bonds is 4. The summed E-state index contributed by atoms with van der Waals surface area (Å²) in [6.07, 6.45) is 2.16. The van der Waals surface area contributed by atoms with Crippen LogP contribution in [0.2, 0.25) is 0 Å². The van der Waals surface area contributed by atoms with Crippen LogP contribution in [0.3, 0.4) is 0 Å². The fourth-order valence-corrected chi connectivity index (χ4v) is 2.36. The second-order valence-electron chi connectivity index (χ2n) is 4.93. The van der Waals surface area contributed by atoms with Crippen molar-refractivity contribution in [1.29, 1.82) is 0 Å². The maximum atomic E-state index is 11.5. The average molecular weight is 229 g/mol. The highest BCUT2D eigenvalue weighted by Gasteiger charge is 2.25. The van der Waals surface area contributed by atoms with Crippen molar-refractivity contribution in [3.05, 3.63) is 0 Å². The van der Waals surface area contributed by atoms with Gasteiger partial charge in [-0.05, 0) is 25.2 Å². The molecule has 0 spiro atoms. The van der Waals surface area contributed by atoms with E-state index < -0.39 is 6.10 Å². The molecule has 1 rings (SSSR count). The van der Waals surface area contributed by atoms with Crippen LogP contribution in [0.15, 0.2) is 0 Å². The Hall–Kier alpha value is -0.650. The van der Waals surface area contributed by atoms with Gasteiger partial charge in [-0.2, -0.15) is 0 Å². The molecule has 5 heteroatoms. The van der Waals surface area contributed by atoms with Crippen LogP contribution in [0.4, 0.5) is 0 Å². The zero-order chi connectivity index (χ0) is 12.1. The predicted molar refractivity (Wildman–Crippen MR) is 62.6 cm³/mol. The molecule has 4 unspecified atom stereocenters. The van der Waals surface area contributed by atoms with Crippen LogP contribution in [0.25, 0.3) is 0 Å². The van der Waals surface area contributed by atoms with E-state index in [9.17, 15) is 9.90 Å². The Kier molecular flexibility index (Phi) is 5.18. The molecule has 1 saturated carbocycles. The van der Waals surface area contributed by atoms with Gasteiger partial charge >= 0.3 is 0 Å². The maximum Gasteiger partial charge on any atom is 0.222 e. The van der Waals surface area contributed by atoms with Gasteiger partial charge in [0.2, 0.25) is 5.91 Å². The summed E-state index contributed by atoms with van der Waals surface area (Å²) in [4.78, 5) is 11.5. The maximum absolute atomic E-state index is 11.5. The summed E-state index contributed by atoms with van der Waals surface area (Å²) in [6, 6.07) is 0.324. The van der Waals surface area contributed by atoms with E-state index in [2.05, 4.69) is 12.2 Å². The molecular weight excluding hydrogens is 206 g/mol. The second-order valence-corrected chi connectivity index (χ2v) is 4.93. The highest BCUT2D eigenvalue weighted by atomic mass is 16.3. The molecule has 4 atom stereocenters. The molecule has 1 aliphatic carbocycles. The lowest BCUT2D eigenvalue weighted by Gasteiger charge is -2.31. The first-order chi connectivity index (χ1) is 7.51. The summed E-state index contributed by atoms with van der Waals surface area (Å²) < 4.78 is 0. The lowest BCUT2D eigenvalue weighted by atomic mass is 9.84. The van der Waals surface area contributed by atoms with Gasteiger partial charge in [0.05, 0.1) is 12.5 Å². The number of hydrogen-bond acceptors (Lipinski definition) is 4. The summed E-state index contributed by atoms with van der Waals surface area (Å²) in [6.45, 7) is 2.26. The van der Waals surface area contributed by atoms with E-state index in [-0.39, 0.29) is 31.0 Å². The van der Waals surface area contributed by atoms with Crippen LogP contribution in [0.1, 0.15) is 32.6 Å². The number of nitrogens with one attached hydrogen (secondary N) is 1. The van der Waals surface area contributed by atoms with Crippen LogP contribution < -0.4 is 16.8 Å². The third kappa shape index (κ3) is 4.47. The summed E-state index contributed by atoms with van der Waals surface area (Å²) in [5.41, 5.74) is 11.1. The minimum Gasteiger partial charge on any atom is -0.391 e. The molecular formula is C11H23N3O2. The molecule has 0 bridgehead atoms. The zero-order valence-electron chi connectivity index (χ0n) is 9.86. The van der Waals surface area contributed by atoms with Gasteiger partial charge in [0.25, 0.3) is 0 Å². The van der Waals surface area contributed by atoms with Crippen molar-refractivity contribution in [3.8, 4) is 0 Å². The van der Waals surface area contributed by atoms with E-state index in [4.69, 9.17) is 11.5 Å². The molecule has 94 valence electrons. The minimum atomic E-state index is -0.741. The van der Waals surface area contributed by atoms with Crippen LogP contribution in [-0.2, 0) is 4.79 Å². The van der Waals surface area contributed by atoms with Crippen LogP contribution >= 0.6 is 0 Å². The van der Waals surface area contributed by atoms with Crippen LogP contribution in [-0.4, -0.2) is 35.7 Å². The summed E-state index contributed by atoms with van der Waals surface area (Å²) in [5, 5.41) is 12.2. The van der Waals surface area contributed by atoms with E-state index in [1.807, 2.05) is 0 Å². The fourth-order valence-electron chi connectivity index (χ4n) is 2.36. The third-order valence-electron chi connectivity index (χ3n) is 3.04. The Bertz CT molecular complexity index is 225. The quantitative estimate of drug-likeness (QED) is 0.513. The van der Waals surface area contributed by atoms with Crippen molar-refractivity contribution >= 4 is 5.91 Å². The molecule has 16 heavy (non-hydrogen) atoms. The molecule has 1 aliphatic rings. The predicted octanol–water partition coefficient (Wildman–Crippen LogP) is -0.672. The number of nitrogens with two attached hydrogens (primary N) is 2. The first-order valence-corrected chi connectivity index (χ1v) is 5.94. The minimum absolute atomic E-state index is 0.0800.